The Hall–Kier alpha value is -1.03. The van der Waals surface area contributed by atoms with E-state index in [0.717, 1.165) is 25.1 Å². The molecular formula is C11H13NO2S. The van der Waals surface area contributed by atoms with Gasteiger partial charge in [0.15, 0.2) is 9.84 Å². The van der Waals surface area contributed by atoms with E-state index in [1.165, 1.54) is 0 Å². The van der Waals surface area contributed by atoms with E-state index in [1.807, 2.05) is 12.1 Å². The summed E-state index contributed by atoms with van der Waals surface area (Å²) in [7, 11) is -3.04. The molecule has 80 valence electrons. The molecule has 0 aromatic heterocycles. The number of fused-ring (bicyclic) bond motifs is 3. The van der Waals surface area contributed by atoms with Gasteiger partial charge in [0.2, 0.25) is 0 Å². The zero-order valence-electron chi connectivity index (χ0n) is 8.39. The van der Waals surface area contributed by atoms with Crippen molar-refractivity contribution in [1.82, 2.24) is 0 Å². The molecule has 1 aromatic carbocycles. The number of nitrogens with zero attached hydrogens (tertiary/aromatic N) is 1. The van der Waals surface area contributed by atoms with Crippen molar-refractivity contribution in [3.8, 4) is 0 Å². The molecule has 0 aliphatic carbocycles. The van der Waals surface area contributed by atoms with E-state index in [1.54, 1.807) is 12.1 Å². The number of hydrogen-bond acceptors (Lipinski definition) is 3. The van der Waals surface area contributed by atoms with Crippen LogP contribution in [0.3, 0.4) is 0 Å². The number of sulfone groups is 1. The molecule has 1 fully saturated rings. The maximum Gasteiger partial charge on any atom is 0.182 e. The van der Waals surface area contributed by atoms with Crippen molar-refractivity contribution < 1.29 is 8.42 Å². The molecule has 0 bridgehead atoms. The van der Waals surface area contributed by atoms with Crippen LogP contribution in [0.25, 0.3) is 0 Å². The van der Waals surface area contributed by atoms with Gasteiger partial charge in [-0.15, -0.1) is 0 Å². The van der Waals surface area contributed by atoms with Crippen molar-refractivity contribution in [2.45, 2.75) is 23.8 Å². The zero-order valence-corrected chi connectivity index (χ0v) is 9.20. The highest BCUT2D eigenvalue weighted by atomic mass is 32.2. The maximum absolute atomic E-state index is 12.0. The number of benzene rings is 1. The molecule has 0 N–H and O–H groups in total. The van der Waals surface area contributed by atoms with Gasteiger partial charge in [-0.3, -0.25) is 0 Å². The summed E-state index contributed by atoms with van der Waals surface area (Å²) in [6, 6.07) is 7.57. The van der Waals surface area contributed by atoms with Gasteiger partial charge in [0.25, 0.3) is 0 Å². The van der Waals surface area contributed by atoms with Crippen LogP contribution >= 0.6 is 0 Å². The SMILES string of the molecule is O=S1(=O)CC2CCCN2c2ccccc21. The fourth-order valence-electron chi connectivity index (χ4n) is 2.63. The van der Waals surface area contributed by atoms with Gasteiger partial charge in [-0.2, -0.15) is 0 Å². The van der Waals surface area contributed by atoms with Gasteiger partial charge < -0.3 is 4.90 Å². The molecule has 0 radical (unpaired) electrons. The average molecular weight is 223 g/mol. The van der Waals surface area contributed by atoms with E-state index in [2.05, 4.69) is 4.90 Å². The first-order chi connectivity index (χ1) is 7.18. The highest BCUT2D eigenvalue weighted by molar-refractivity contribution is 7.91. The highest BCUT2D eigenvalue weighted by Crippen LogP contribution is 2.37. The molecule has 0 spiro atoms. The summed E-state index contributed by atoms with van der Waals surface area (Å²) >= 11 is 0. The molecule has 1 saturated heterocycles. The second-order valence-corrected chi connectivity index (χ2v) is 6.24. The minimum atomic E-state index is -3.04. The Balaban J connectivity index is 2.23. The smallest absolute Gasteiger partial charge is 0.182 e. The van der Waals surface area contributed by atoms with Gasteiger partial charge in [-0.25, -0.2) is 8.42 Å². The van der Waals surface area contributed by atoms with Gasteiger partial charge in [-0.1, -0.05) is 12.1 Å². The molecule has 1 unspecified atom stereocenters. The average Bonchev–Trinajstić information content (AvgIpc) is 2.65. The quantitative estimate of drug-likeness (QED) is 0.668. The van der Waals surface area contributed by atoms with Gasteiger partial charge in [-0.05, 0) is 25.0 Å². The second-order valence-electron chi connectivity index (χ2n) is 4.24. The lowest BCUT2D eigenvalue weighted by molar-refractivity contribution is 0.578. The molecule has 3 rings (SSSR count). The lowest BCUT2D eigenvalue weighted by Gasteiger charge is -2.33. The zero-order chi connectivity index (χ0) is 10.5. The topological polar surface area (TPSA) is 37.4 Å². The minimum Gasteiger partial charge on any atom is -0.366 e. The van der Waals surface area contributed by atoms with Crippen molar-refractivity contribution in [3.63, 3.8) is 0 Å². The normalized spacial score (nSPS) is 27.2. The molecule has 0 saturated carbocycles. The van der Waals surface area contributed by atoms with Crippen LogP contribution in [0.4, 0.5) is 5.69 Å². The van der Waals surface area contributed by atoms with Crippen molar-refractivity contribution in [2.75, 3.05) is 17.2 Å². The van der Waals surface area contributed by atoms with Crippen molar-refractivity contribution >= 4 is 15.5 Å². The third-order valence-electron chi connectivity index (χ3n) is 3.30. The second kappa shape index (κ2) is 2.98. The molecule has 0 amide bonds. The van der Waals surface area contributed by atoms with Crippen molar-refractivity contribution in [3.05, 3.63) is 24.3 Å². The number of para-hydroxylation sites is 1. The fourth-order valence-corrected chi connectivity index (χ4v) is 4.45. The number of anilines is 1. The fraction of sp³-hybridized carbons (Fsp3) is 0.455. The largest absolute Gasteiger partial charge is 0.366 e. The van der Waals surface area contributed by atoms with E-state index < -0.39 is 9.84 Å². The van der Waals surface area contributed by atoms with E-state index in [4.69, 9.17) is 0 Å². The van der Waals surface area contributed by atoms with E-state index in [9.17, 15) is 8.42 Å². The molecule has 1 atom stereocenters. The Morgan fingerprint density at radius 1 is 1.27 bits per heavy atom. The molecule has 2 aliphatic rings. The van der Waals surface area contributed by atoms with E-state index in [0.29, 0.717) is 10.6 Å². The van der Waals surface area contributed by atoms with E-state index >= 15 is 0 Å². The van der Waals surface area contributed by atoms with Crippen molar-refractivity contribution in [1.29, 1.82) is 0 Å². The third kappa shape index (κ3) is 1.28. The molecule has 15 heavy (non-hydrogen) atoms. The van der Waals surface area contributed by atoms with Crippen molar-refractivity contribution in [2.24, 2.45) is 0 Å². The van der Waals surface area contributed by atoms with Gasteiger partial charge in [0.1, 0.15) is 0 Å². The van der Waals surface area contributed by atoms with Crippen LogP contribution in [0.2, 0.25) is 0 Å². The molecule has 3 nitrogen and oxygen atoms in total. The molecule has 2 heterocycles. The van der Waals surface area contributed by atoms with Gasteiger partial charge >= 0.3 is 0 Å². The predicted molar refractivity (Wildman–Crippen MR) is 58.9 cm³/mol. The lowest BCUT2D eigenvalue weighted by atomic mass is 10.2. The minimum absolute atomic E-state index is 0.213. The Morgan fingerprint density at radius 2 is 2.07 bits per heavy atom. The summed E-state index contributed by atoms with van der Waals surface area (Å²) < 4.78 is 24.0. The molecular weight excluding hydrogens is 210 g/mol. The summed E-state index contributed by atoms with van der Waals surface area (Å²) in [5, 5.41) is 0. The van der Waals surface area contributed by atoms with Crippen LogP contribution in [-0.4, -0.2) is 26.8 Å². The van der Waals surface area contributed by atoms with Gasteiger partial charge in [0.05, 0.1) is 16.3 Å². The monoisotopic (exact) mass is 223 g/mol. The standard InChI is InChI=1S/C11H13NO2S/c13-15(14)8-9-4-3-7-12(9)10-5-1-2-6-11(10)15/h1-2,5-6,9H,3-4,7-8H2. The summed E-state index contributed by atoms with van der Waals surface area (Å²) in [5.74, 6) is 0.296. The predicted octanol–water partition coefficient (Wildman–Crippen LogP) is 1.44. The van der Waals surface area contributed by atoms with Crippen LogP contribution in [0.1, 0.15) is 12.8 Å². The Kier molecular flexibility index (Phi) is 1.83. The number of hydrogen-bond donors (Lipinski definition) is 0. The Bertz CT molecular complexity index is 495. The summed E-state index contributed by atoms with van der Waals surface area (Å²) in [5.41, 5.74) is 0.909. The Morgan fingerprint density at radius 3 is 2.93 bits per heavy atom. The van der Waals surface area contributed by atoms with Crippen LogP contribution in [-0.2, 0) is 9.84 Å². The van der Waals surface area contributed by atoms with Gasteiger partial charge in [0, 0.05) is 12.6 Å². The first-order valence-electron chi connectivity index (χ1n) is 5.27. The Labute approximate surface area is 89.6 Å². The van der Waals surface area contributed by atoms with Crippen LogP contribution in [0, 0.1) is 0 Å². The lowest BCUT2D eigenvalue weighted by Crippen LogP contribution is -2.40. The molecule has 1 aromatic rings. The van der Waals surface area contributed by atoms with Crippen LogP contribution in [0.15, 0.2) is 29.2 Å². The first-order valence-corrected chi connectivity index (χ1v) is 6.92. The van der Waals surface area contributed by atoms with E-state index in [-0.39, 0.29) is 6.04 Å². The maximum atomic E-state index is 12.0. The summed E-state index contributed by atoms with van der Waals surface area (Å²) in [4.78, 5) is 2.76. The first kappa shape index (κ1) is 9.21. The molecule has 4 heteroatoms. The summed E-state index contributed by atoms with van der Waals surface area (Å²) in [6.45, 7) is 0.997. The summed E-state index contributed by atoms with van der Waals surface area (Å²) in [6.07, 6.45) is 2.11. The highest BCUT2D eigenvalue weighted by Gasteiger charge is 2.37. The third-order valence-corrected chi connectivity index (χ3v) is 5.14. The van der Waals surface area contributed by atoms with Crippen LogP contribution in [0.5, 0.6) is 0 Å². The molecule has 2 aliphatic heterocycles. The van der Waals surface area contributed by atoms with Crippen LogP contribution < -0.4 is 4.90 Å². The number of rotatable bonds is 0.